The van der Waals surface area contributed by atoms with Crippen LogP contribution in [0.1, 0.15) is 17.7 Å². The molecular formula is C25H25N3O2. The normalized spacial score (nSPS) is 18.3. The molecule has 0 saturated carbocycles. The number of carbonyl (C=O) groups excluding carboxylic acids is 2. The van der Waals surface area contributed by atoms with E-state index < -0.39 is 5.41 Å². The van der Waals surface area contributed by atoms with E-state index in [1.54, 1.807) is 11.1 Å². The lowest BCUT2D eigenvalue weighted by Crippen LogP contribution is -2.43. The molecule has 5 heteroatoms. The van der Waals surface area contributed by atoms with E-state index in [9.17, 15) is 9.59 Å². The SMILES string of the molecule is NC(=O)[C@@]1(Cc2ccccc2-c2ccccc2)CCN(C(=O)Cc2ccccn2)C1. The maximum Gasteiger partial charge on any atom is 0.228 e. The fourth-order valence-corrected chi connectivity index (χ4v) is 4.23. The minimum absolute atomic E-state index is 0.0202. The molecule has 2 amide bonds. The summed E-state index contributed by atoms with van der Waals surface area (Å²) in [6.45, 7) is 0.874. The van der Waals surface area contributed by atoms with Gasteiger partial charge in [-0.2, -0.15) is 0 Å². The number of rotatable bonds is 6. The lowest BCUT2D eigenvalue weighted by atomic mass is 9.78. The van der Waals surface area contributed by atoms with Crippen molar-refractivity contribution in [3.05, 3.63) is 90.3 Å². The van der Waals surface area contributed by atoms with Crippen molar-refractivity contribution < 1.29 is 9.59 Å². The third-order valence-electron chi connectivity index (χ3n) is 5.92. The standard InChI is InChI=1S/C25H25N3O2/c26-24(30)25(13-15-28(18-25)23(29)16-21-11-6-7-14-27-21)17-20-10-4-5-12-22(20)19-8-2-1-3-9-19/h1-12,14H,13,15-18H2,(H2,26,30)/t25-/m1/s1. The van der Waals surface area contributed by atoms with E-state index in [4.69, 9.17) is 5.73 Å². The van der Waals surface area contributed by atoms with E-state index >= 15 is 0 Å². The fraction of sp³-hybridized carbons (Fsp3) is 0.240. The van der Waals surface area contributed by atoms with Crippen molar-refractivity contribution in [1.29, 1.82) is 0 Å². The Labute approximate surface area is 176 Å². The molecular weight excluding hydrogens is 374 g/mol. The number of primary amides is 1. The van der Waals surface area contributed by atoms with Crippen molar-refractivity contribution in [3.8, 4) is 11.1 Å². The highest BCUT2D eigenvalue weighted by molar-refractivity contribution is 5.85. The minimum atomic E-state index is -0.759. The maximum absolute atomic E-state index is 12.8. The summed E-state index contributed by atoms with van der Waals surface area (Å²) in [5, 5.41) is 0. The Morgan fingerprint density at radius 3 is 2.43 bits per heavy atom. The van der Waals surface area contributed by atoms with Crippen LogP contribution in [0.3, 0.4) is 0 Å². The molecule has 1 aliphatic heterocycles. The predicted molar refractivity (Wildman–Crippen MR) is 116 cm³/mol. The minimum Gasteiger partial charge on any atom is -0.369 e. The smallest absolute Gasteiger partial charge is 0.228 e. The predicted octanol–water partition coefficient (Wildman–Crippen LogP) is 3.24. The van der Waals surface area contributed by atoms with E-state index in [2.05, 4.69) is 23.2 Å². The fourth-order valence-electron chi connectivity index (χ4n) is 4.23. The summed E-state index contributed by atoms with van der Waals surface area (Å²) < 4.78 is 0. The van der Waals surface area contributed by atoms with Crippen molar-refractivity contribution in [2.75, 3.05) is 13.1 Å². The highest BCUT2D eigenvalue weighted by Gasteiger charge is 2.45. The zero-order chi connectivity index (χ0) is 21.0. The molecule has 3 aromatic rings. The number of pyridine rings is 1. The van der Waals surface area contributed by atoms with Gasteiger partial charge >= 0.3 is 0 Å². The summed E-state index contributed by atoms with van der Waals surface area (Å²) >= 11 is 0. The van der Waals surface area contributed by atoms with Gasteiger partial charge in [0.05, 0.1) is 11.8 Å². The average molecular weight is 399 g/mol. The van der Waals surface area contributed by atoms with E-state index in [1.807, 2.05) is 54.6 Å². The Kier molecular flexibility index (Phi) is 5.61. The van der Waals surface area contributed by atoms with Gasteiger partial charge in [-0.25, -0.2) is 0 Å². The number of nitrogens with zero attached hydrogens (tertiary/aromatic N) is 2. The molecule has 0 unspecified atom stereocenters. The molecule has 2 aromatic carbocycles. The summed E-state index contributed by atoms with van der Waals surface area (Å²) in [6, 6.07) is 23.7. The van der Waals surface area contributed by atoms with Crippen molar-refractivity contribution >= 4 is 11.8 Å². The first-order chi connectivity index (χ1) is 14.6. The van der Waals surface area contributed by atoms with Gasteiger partial charge in [0.25, 0.3) is 0 Å². The zero-order valence-corrected chi connectivity index (χ0v) is 16.8. The second-order valence-electron chi connectivity index (χ2n) is 7.91. The molecule has 1 fully saturated rings. The second-order valence-corrected chi connectivity index (χ2v) is 7.91. The van der Waals surface area contributed by atoms with Crippen molar-refractivity contribution in [3.63, 3.8) is 0 Å². The number of hydrogen-bond donors (Lipinski definition) is 1. The first-order valence-corrected chi connectivity index (χ1v) is 10.2. The number of amides is 2. The van der Waals surface area contributed by atoms with E-state index in [0.29, 0.717) is 25.9 Å². The number of carbonyl (C=O) groups is 2. The second kappa shape index (κ2) is 8.49. The Balaban J connectivity index is 1.56. The molecule has 0 bridgehead atoms. The van der Waals surface area contributed by atoms with Crippen molar-refractivity contribution in [2.45, 2.75) is 19.3 Å². The molecule has 0 aliphatic carbocycles. The maximum atomic E-state index is 12.8. The number of likely N-dealkylation sites (tertiary alicyclic amines) is 1. The lowest BCUT2D eigenvalue weighted by molar-refractivity contribution is -0.131. The first kappa shape index (κ1) is 19.8. The molecule has 1 atom stereocenters. The topological polar surface area (TPSA) is 76.3 Å². The molecule has 152 valence electrons. The van der Waals surface area contributed by atoms with Crippen LogP contribution in [-0.2, 0) is 22.4 Å². The number of aromatic nitrogens is 1. The van der Waals surface area contributed by atoms with Gasteiger partial charge < -0.3 is 10.6 Å². The molecule has 1 aliphatic rings. The van der Waals surface area contributed by atoms with Crippen LogP contribution in [-0.4, -0.2) is 34.8 Å². The lowest BCUT2D eigenvalue weighted by Gasteiger charge is -2.27. The Hall–Kier alpha value is -3.47. The third-order valence-corrected chi connectivity index (χ3v) is 5.92. The van der Waals surface area contributed by atoms with Crippen LogP contribution in [0.15, 0.2) is 79.0 Å². The number of hydrogen-bond acceptors (Lipinski definition) is 3. The number of nitrogens with two attached hydrogens (primary N) is 1. The van der Waals surface area contributed by atoms with Gasteiger partial charge in [-0.1, -0.05) is 60.7 Å². The first-order valence-electron chi connectivity index (χ1n) is 10.2. The molecule has 1 aromatic heterocycles. The molecule has 0 radical (unpaired) electrons. The summed E-state index contributed by atoms with van der Waals surface area (Å²) in [6.07, 6.45) is 3.00. The van der Waals surface area contributed by atoms with Crippen LogP contribution in [0.2, 0.25) is 0 Å². The van der Waals surface area contributed by atoms with Crippen LogP contribution in [0.25, 0.3) is 11.1 Å². The molecule has 30 heavy (non-hydrogen) atoms. The Morgan fingerprint density at radius 1 is 0.967 bits per heavy atom. The summed E-state index contributed by atoms with van der Waals surface area (Å²) in [5.74, 6) is -0.369. The largest absolute Gasteiger partial charge is 0.369 e. The van der Waals surface area contributed by atoms with E-state index in [-0.39, 0.29) is 18.2 Å². The molecule has 0 spiro atoms. The van der Waals surface area contributed by atoms with E-state index in [1.165, 1.54) is 0 Å². The Morgan fingerprint density at radius 2 is 1.70 bits per heavy atom. The highest BCUT2D eigenvalue weighted by Crippen LogP contribution is 2.37. The van der Waals surface area contributed by atoms with Gasteiger partial charge in [0, 0.05) is 25.0 Å². The Bertz CT molecular complexity index is 1040. The average Bonchev–Trinajstić information content (AvgIpc) is 3.21. The molecule has 4 rings (SSSR count). The zero-order valence-electron chi connectivity index (χ0n) is 16.8. The summed E-state index contributed by atoms with van der Waals surface area (Å²) in [5.41, 5.74) is 9.14. The molecule has 5 nitrogen and oxygen atoms in total. The van der Waals surface area contributed by atoms with Crippen molar-refractivity contribution in [2.24, 2.45) is 11.1 Å². The summed E-state index contributed by atoms with van der Waals surface area (Å²) in [7, 11) is 0. The van der Waals surface area contributed by atoms with Gasteiger partial charge in [0.1, 0.15) is 0 Å². The third kappa shape index (κ3) is 4.10. The van der Waals surface area contributed by atoms with Crippen LogP contribution in [0.5, 0.6) is 0 Å². The van der Waals surface area contributed by atoms with Gasteiger partial charge in [-0.05, 0) is 41.7 Å². The van der Waals surface area contributed by atoms with Crippen LogP contribution < -0.4 is 5.73 Å². The monoisotopic (exact) mass is 399 g/mol. The summed E-state index contributed by atoms with van der Waals surface area (Å²) in [4.78, 5) is 31.4. The molecule has 2 N–H and O–H groups in total. The van der Waals surface area contributed by atoms with Gasteiger partial charge in [-0.15, -0.1) is 0 Å². The van der Waals surface area contributed by atoms with Gasteiger partial charge in [-0.3, -0.25) is 14.6 Å². The van der Waals surface area contributed by atoms with Gasteiger partial charge in [0.15, 0.2) is 0 Å². The highest BCUT2D eigenvalue weighted by atomic mass is 16.2. The van der Waals surface area contributed by atoms with Crippen molar-refractivity contribution in [1.82, 2.24) is 9.88 Å². The van der Waals surface area contributed by atoms with E-state index in [0.717, 1.165) is 22.4 Å². The number of benzene rings is 2. The van der Waals surface area contributed by atoms with Crippen LogP contribution in [0, 0.1) is 5.41 Å². The van der Waals surface area contributed by atoms with Crippen LogP contribution >= 0.6 is 0 Å². The molecule has 1 saturated heterocycles. The quantitative estimate of drug-likeness (QED) is 0.691. The van der Waals surface area contributed by atoms with Gasteiger partial charge in [0.2, 0.25) is 11.8 Å². The molecule has 2 heterocycles. The van der Waals surface area contributed by atoms with Crippen LogP contribution in [0.4, 0.5) is 0 Å².